The Kier molecular flexibility index (Phi) is 7.53. The molecule has 262 valence electrons. The summed E-state index contributed by atoms with van der Waals surface area (Å²) in [6.45, 7) is 0. The summed E-state index contributed by atoms with van der Waals surface area (Å²) in [7, 11) is 0. The molecule has 2 heterocycles. The Balaban J connectivity index is 1.03. The van der Waals surface area contributed by atoms with Crippen molar-refractivity contribution in [3.8, 4) is 55.9 Å². The molecular formula is C54H36N2. The summed E-state index contributed by atoms with van der Waals surface area (Å²) in [5.74, 6) is 0. The van der Waals surface area contributed by atoms with Gasteiger partial charge in [-0.2, -0.15) is 0 Å². The molecule has 0 radical (unpaired) electrons. The van der Waals surface area contributed by atoms with Crippen LogP contribution < -0.4 is 0 Å². The number of para-hydroxylation sites is 3. The van der Waals surface area contributed by atoms with E-state index in [0.717, 1.165) is 11.4 Å². The number of benzene rings is 9. The summed E-state index contributed by atoms with van der Waals surface area (Å²) < 4.78 is 4.83. The van der Waals surface area contributed by atoms with Gasteiger partial charge in [0.2, 0.25) is 0 Å². The second-order valence-electron chi connectivity index (χ2n) is 14.5. The van der Waals surface area contributed by atoms with Gasteiger partial charge in [-0.25, -0.2) is 0 Å². The fraction of sp³-hybridized carbons (Fsp3) is 0. The topological polar surface area (TPSA) is 9.86 Å². The van der Waals surface area contributed by atoms with Crippen molar-refractivity contribution in [3.05, 3.63) is 218 Å². The fourth-order valence-corrected chi connectivity index (χ4v) is 8.69. The van der Waals surface area contributed by atoms with E-state index in [0.29, 0.717) is 0 Å². The van der Waals surface area contributed by atoms with Crippen LogP contribution in [0.1, 0.15) is 0 Å². The summed E-state index contributed by atoms with van der Waals surface area (Å²) in [6, 6.07) is 79.3. The van der Waals surface area contributed by atoms with E-state index < -0.39 is 0 Å². The molecule has 0 spiro atoms. The van der Waals surface area contributed by atoms with Crippen molar-refractivity contribution < 1.29 is 0 Å². The Labute approximate surface area is 325 Å². The van der Waals surface area contributed by atoms with Crippen LogP contribution in [-0.2, 0) is 0 Å². The zero-order chi connectivity index (χ0) is 37.0. The van der Waals surface area contributed by atoms with Gasteiger partial charge in [0.05, 0.1) is 22.1 Å². The molecule has 0 bridgehead atoms. The molecule has 0 unspecified atom stereocenters. The summed E-state index contributed by atoms with van der Waals surface area (Å²) in [4.78, 5) is 0. The van der Waals surface area contributed by atoms with Crippen LogP contribution >= 0.6 is 0 Å². The molecule has 2 heteroatoms. The quantitative estimate of drug-likeness (QED) is 0.162. The molecule has 0 aliphatic rings. The van der Waals surface area contributed by atoms with Crippen molar-refractivity contribution in [1.29, 1.82) is 0 Å². The molecule has 56 heavy (non-hydrogen) atoms. The molecule has 2 nitrogen and oxygen atoms in total. The Bertz CT molecular complexity index is 3210. The first-order valence-electron chi connectivity index (χ1n) is 19.3. The highest BCUT2D eigenvalue weighted by Crippen LogP contribution is 2.41. The molecule has 0 atom stereocenters. The van der Waals surface area contributed by atoms with Gasteiger partial charge in [0, 0.05) is 38.5 Å². The maximum absolute atomic E-state index is 2.43. The number of fused-ring (bicyclic) bond motifs is 6. The van der Waals surface area contributed by atoms with Gasteiger partial charge in [0.15, 0.2) is 0 Å². The second-order valence-corrected chi connectivity index (χ2v) is 14.5. The fourth-order valence-electron chi connectivity index (χ4n) is 8.69. The number of rotatable bonds is 6. The van der Waals surface area contributed by atoms with Crippen molar-refractivity contribution in [2.75, 3.05) is 0 Å². The molecule has 0 aliphatic carbocycles. The van der Waals surface area contributed by atoms with Crippen LogP contribution in [0.25, 0.3) is 99.5 Å². The average Bonchev–Trinajstić information content (AvgIpc) is 3.80. The van der Waals surface area contributed by atoms with E-state index in [1.807, 2.05) is 0 Å². The second kappa shape index (κ2) is 13.2. The van der Waals surface area contributed by atoms with Crippen LogP contribution in [0.2, 0.25) is 0 Å². The van der Waals surface area contributed by atoms with Crippen LogP contribution in [0.3, 0.4) is 0 Å². The van der Waals surface area contributed by atoms with E-state index >= 15 is 0 Å². The molecule has 11 rings (SSSR count). The molecule has 9 aromatic carbocycles. The van der Waals surface area contributed by atoms with E-state index in [2.05, 4.69) is 228 Å². The normalized spacial score (nSPS) is 11.6. The Morgan fingerprint density at radius 1 is 0.232 bits per heavy atom. The third-order valence-corrected chi connectivity index (χ3v) is 11.3. The molecule has 0 saturated carbocycles. The standard InChI is InChI=1S/C54H36N2/c1-4-14-37(15-5-1)40-18-12-19-41(34-40)38-26-30-45(31-27-38)55-51-25-11-10-22-47(51)49-35-42(28-32-52(49)55)43-29-33-53-50(36-43)48-24-13-23-46(39-16-6-2-7-17-39)54(48)56(53)44-20-8-3-9-21-44/h1-36H. The van der Waals surface area contributed by atoms with E-state index in [1.54, 1.807) is 0 Å². The monoisotopic (exact) mass is 712 g/mol. The maximum Gasteiger partial charge on any atom is 0.0619 e. The third-order valence-electron chi connectivity index (χ3n) is 11.3. The zero-order valence-electron chi connectivity index (χ0n) is 30.7. The van der Waals surface area contributed by atoms with Gasteiger partial charge < -0.3 is 9.13 Å². The van der Waals surface area contributed by atoms with E-state index in [9.17, 15) is 0 Å². The zero-order valence-corrected chi connectivity index (χ0v) is 30.7. The minimum atomic E-state index is 1.15. The van der Waals surface area contributed by atoms with Gasteiger partial charge in [-0.05, 0) is 99.6 Å². The predicted octanol–water partition coefficient (Wildman–Crippen LogP) is 14.5. The van der Waals surface area contributed by atoms with E-state index in [4.69, 9.17) is 0 Å². The summed E-state index contributed by atoms with van der Waals surface area (Å²) in [6.07, 6.45) is 0. The molecule has 0 fully saturated rings. The van der Waals surface area contributed by atoms with Crippen molar-refractivity contribution in [1.82, 2.24) is 9.13 Å². The molecule has 11 aromatic rings. The Morgan fingerprint density at radius 3 is 1.38 bits per heavy atom. The van der Waals surface area contributed by atoms with Gasteiger partial charge >= 0.3 is 0 Å². The van der Waals surface area contributed by atoms with E-state index in [-0.39, 0.29) is 0 Å². The Hall–Kier alpha value is -7.42. The molecule has 0 aliphatic heterocycles. The summed E-state index contributed by atoms with van der Waals surface area (Å²) in [5, 5.41) is 4.99. The van der Waals surface area contributed by atoms with Gasteiger partial charge in [-0.3, -0.25) is 0 Å². The minimum Gasteiger partial charge on any atom is -0.309 e. The van der Waals surface area contributed by atoms with E-state index in [1.165, 1.54) is 88.1 Å². The molecule has 0 saturated heterocycles. The maximum atomic E-state index is 2.43. The number of aromatic nitrogens is 2. The lowest BCUT2D eigenvalue weighted by atomic mass is 9.99. The van der Waals surface area contributed by atoms with Gasteiger partial charge in [0.1, 0.15) is 0 Å². The van der Waals surface area contributed by atoms with Crippen LogP contribution in [0, 0.1) is 0 Å². The first-order chi connectivity index (χ1) is 27.8. The minimum absolute atomic E-state index is 1.15. The molecule has 0 N–H and O–H groups in total. The lowest BCUT2D eigenvalue weighted by molar-refractivity contribution is 1.18. The predicted molar refractivity (Wildman–Crippen MR) is 237 cm³/mol. The third kappa shape index (κ3) is 5.26. The van der Waals surface area contributed by atoms with Crippen molar-refractivity contribution in [2.24, 2.45) is 0 Å². The number of hydrogen-bond acceptors (Lipinski definition) is 0. The number of hydrogen-bond donors (Lipinski definition) is 0. The molecule has 0 amide bonds. The average molecular weight is 713 g/mol. The highest BCUT2D eigenvalue weighted by molar-refractivity contribution is 6.15. The summed E-state index contributed by atoms with van der Waals surface area (Å²) in [5.41, 5.74) is 16.9. The van der Waals surface area contributed by atoms with Crippen LogP contribution in [0.4, 0.5) is 0 Å². The molecular weight excluding hydrogens is 677 g/mol. The summed E-state index contributed by atoms with van der Waals surface area (Å²) >= 11 is 0. The SMILES string of the molecule is c1ccc(-c2cccc(-c3ccc(-n4c5ccccc5c5cc(-c6ccc7c(c6)c6cccc(-c8ccccc8)c6n7-c6ccccc6)ccc54)cc3)c2)cc1. The Morgan fingerprint density at radius 2 is 0.679 bits per heavy atom. The number of nitrogens with zero attached hydrogens (tertiary/aromatic N) is 2. The van der Waals surface area contributed by atoms with Gasteiger partial charge in [-0.1, -0.05) is 158 Å². The van der Waals surface area contributed by atoms with Crippen molar-refractivity contribution in [3.63, 3.8) is 0 Å². The lowest BCUT2D eigenvalue weighted by Gasteiger charge is -2.12. The van der Waals surface area contributed by atoms with Crippen molar-refractivity contribution >= 4 is 43.6 Å². The largest absolute Gasteiger partial charge is 0.309 e. The van der Waals surface area contributed by atoms with Crippen molar-refractivity contribution in [2.45, 2.75) is 0 Å². The smallest absolute Gasteiger partial charge is 0.0619 e. The van der Waals surface area contributed by atoms with Gasteiger partial charge in [0.25, 0.3) is 0 Å². The highest BCUT2D eigenvalue weighted by Gasteiger charge is 2.18. The van der Waals surface area contributed by atoms with Gasteiger partial charge in [-0.15, -0.1) is 0 Å². The van der Waals surface area contributed by atoms with Crippen LogP contribution in [0.5, 0.6) is 0 Å². The molecule has 2 aromatic heterocycles. The highest BCUT2D eigenvalue weighted by atomic mass is 15.0. The van der Waals surface area contributed by atoms with Crippen LogP contribution in [-0.4, -0.2) is 9.13 Å². The lowest BCUT2D eigenvalue weighted by Crippen LogP contribution is -1.95. The van der Waals surface area contributed by atoms with Crippen LogP contribution in [0.15, 0.2) is 218 Å². The first kappa shape index (κ1) is 32.0. The first-order valence-corrected chi connectivity index (χ1v) is 19.3.